The smallest absolute Gasteiger partial charge is 0.416 e. The normalized spacial score (nSPS) is 20.6. The van der Waals surface area contributed by atoms with Crippen LogP contribution in [-0.2, 0) is 22.3 Å². The summed E-state index contributed by atoms with van der Waals surface area (Å²) in [6.45, 7) is 4.84. The van der Waals surface area contributed by atoms with Crippen LogP contribution in [0, 0.1) is 5.92 Å². The molecule has 1 saturated carbocycles. The maximum Gasteiger partial charge on any atom is 0.416 e. The monoisotopic (exact) mass is 570 g/mol. The Hall–Kier alpha value is -3.15. The zero-order valence-electron chi connectivity index (χ0n) is 21.4. The molecule has 0 saturated heterocycles. The van der Waals surface area contributed by atoms with Crippen LogP contribution in [0.2, 0.25) is 0 Å². The number of amides is 2. The molecule has 1 fully saturated rings. The number of hydrogen-bond acceptors (Lipinski definition) is 5. The van der Waals surface area contributed by atoms with Crippen molar-refractivity contribution in [3.8, 4) is 0 Å². The Balaban J connectivity index is 1.65. The largest absolute Gasteiger partial charge is 0.444 e. The van der Waals surface area contributed by atoms with E-state index in [4.69, 9.17) is 4.74 Å². The van der Waals surface area contributed by atoms with E-state index in [1.807, 2.05) is 0 Å². The van der Waals surface area contributed by atoms with Gasteiger partial charge >= 0.3 is 12.3 Å². The van der Waals surface area contributed by atoms with E-state index in [0.717, 1.165) is 12.1 Å². The van der Waals surface area contributed by atoms with Crippen LogP contribution in [-0.4, -0.2) is 41.1 Å². The summed E-state index contributed by atoms with van der Waals surface area (Å²) in [4.78, 5) is 40.7. The molecule has 210 valence electrons. The molecule has 1 heterocycles. The van der Waals surface area contributed by atoms with Crippen molar-refractivity contribution in [3.63, 3.8) is 0 Å². The first-order valence-electron chi connectivity index (χ1n) is 12.2. The molecule has 0 aromatic heterocycles. The van der Waals surface area contributed by atoms with Gasteiger partial charge in [0.25, 0.3) is 11.8 Å². The van der Waals surface area contributed by atoms with E-state index in [-0.39, 0.29) is 30.7 Å². The number of hydrogen-bond donors (Lipinski definition) is 1. The van der Waals surface area contributed by atoms with Crippen LogP contribution in [0.3, 0.4) is 0 Å². The van der Waals surface area contributed by atoms with Gasteiger partial charge in [-0.3, -0.25) is 9.59 Å². The lowest BCUT2D eigenvalue weighted by Crippen LogP contribution is -2.50. The predicted octanol–water partition coefficient (Wildman–Crippen LogP) is 6.47. The highest BCUT2D eigenvalue weighted by atomic mass is 32.2. The summed E-state index contributed by atoms with van der Waals surface area (Å²) < 4.78 is 71.2. The third-order valence-corrected chi connectivity index (χ3v) is 7.40. The van der Waals surface area contributed by atoms with Gasteiger partial charge in [0, 0.05) is 35.0 Å². The number of nitrogens with zero attached hydrogens (tertiary/aromatic N) is 1. The first kappa shape index (κ1) is 28.8. The summed E-state index contributed by atoms with van der Waals surface area (Å²) in [5.74, 6) is -4.83. The maximum absolute atomic E-state index is 13.7. The zero-order chi connectivity index (χ0) is 28.8. The molecule has 2 aromatic rings. The Labute approximate surface area is 226 Å². The van der Waals surface area contributed by atoms with E-state index in [1.54, 1.807) is 26.8 Å². The average molecular weight is 571 g/mol. The summed E-state index contributed by atoms with van der Waals surface area (Å²) in [5.41, 5.74) is -0.854. The summed E-state index contributed by atoms with van der Waals surface area (Å²) in [6.07, 6.45) is -6.04. The topological polar surface area (TPSA) is 75.7 Å². The molecule has 0 radical (unpaired) electrons. The number of fused-ring (bicyclic) bond motifs is 1. The Kier molecular flexibility index (Phi) is 7.72. The third-order valence-electron chi connectivity index (χ3n) is 6.24. The lowest BCUT2D eigenvalue weighted by Gasteiger charge is -2.27. The van der Waals surface area contributed by atoms with Crippen LogP contribution in [0.5, 0.6) is 0 Å². The van der Waals surface area contributed by atoms with Crippen molar-refractivity contribution in [1.29, 1.82) is 0 Å². The molecule has 39 heavy (non-hydrogen) atoms. The van der Waals surface area contributed by atoms with Gasteiger partial charge in [-0.2, -0.15) is 13.2 Å². The van der Waals surface area contributed by atoms with Crippen molar-refractivity contribution in [2.24, 2.45) is 5.92 Å². The van der Waals surface area contributed by atoms with Gasteiger partial charge in [-0.1, -0.05) is 18.2 Å². The third kappa shape index (κ3) is 7.09. The summed E-state index contributed by atoms with van der Waals surface area (Å²) in [5, 5.41) is 2.55. The molecule has 0 bridgehead atoms. The van der Waals surface area contributed by atoms with E-state index in [2.05, 4.69) is 5.32 Å². The molecule has 12 heteroatoms. The van der Waals surface area contributed by atoms with Crippen LogP contribution in [0.4, 0.5) is 32.4 Å². The van der Waals surface area contributed by atoms with Crippen molar-refractivity contribution in [1.82, 2.24) is 5.32 Å². The molecule has 0 unspecified atom stereocenters. The molecule has 1 aliphatic heterocycles. The van der Waals surface area contributed by atoms with Crippen LogP contribution in [0.1, 0.15) is 55.1 Å². The maximum atomic E-state index is 13.7. The number of ether oxygens (including phenoxy) is 1. The number of Topliss-reactive ketones (excluding diaryl/α,β-unsaturated/α-hetero) is 1. The summed E-state index contributed by atoms with van der Waals surface area (Å²) >= 11 is 1.24. The Morgan fingerprint density at radius 2 is 1.74 bits per heavy atom. The molecule has 2 aromatic carbocycles. The first-order chi connectivity index (χ1) is 18.0. The molecule has 1 N–H and O–H groups in total. The number of carbonyl (C=O) groups excluding carboxylic acids is 3. The molecular formula is C27H27F5N2O4S. The van der Waals surface area contributed by atoms with Crippen molar-refractivity contribution in [2.45, 2.75) is 68.8 Å². The summed E-state index contributed by atoms with van der Waals surface area (Å²) in [6, 6.07) is 7.78. The fraction of sp³-hybridized carbons (Fsp3) is 0.444. The Bertz CT molecular complexity index is 1270. The average Bonchev–Trinajstić information content (AvgIpc) is 3.45. The van der Waals surface area contributed by atoms with Crippen molar-refractivity contribution in [3.05, 3.63) is 59.2 Å². The quantitative estimate of drug-likeness (QED) is 0.319. The Morgan fingerprint density at radius 1 is 1.10 bits per heavy atom. The highest BCUT2D eigenvalue weighted by molar-refractivity contribution is 7.99. The fourth-order valence-corrected chi connectivity index (χ4v) is 5.16. The molecular weight excluding hydrogens is 543 g/mol. The molecule has 1 aliphatic carbocycles. The number of rotatable bonds is 6. The minimum absolute atomic E-state index is 0.121. The minimum atomic E-state index is -4.53. The number of nitrogens with one attached hydrogen (secondary N) is 1. The fourth-order valence-electron chi connectivity index (χ4n) is 4.11. The second-order valence-corrected chi connectivity index (χ2v) is 11.7. The van der Waals surface area contributed by atoms with Gasteiger partial charge in [0.1, 0.15) is 11.6 Å². The van der Waals surface area contributed by atoms with E-state index >= 15 is 0 Å². The first-order valence-corrected chi connectivity index (χ1v) is 13.2. The second-order valence-electron chi connectivity index (χ2n) is 10.6. The van der Waals surface area contributed by atoms with Crippen molar-refractivity contribution >= 4 is 35.2 Å². The van der Waals surface area contributed by atoms with Gasteiger partial charge in [0.2, 0.25) is 0 Å². The van der Waals surface area contributed by atoms with Crippen LogP contribution in [0.15, 0.2) is 47.4 Å². The van der Waals surface area contributed by atoms with E-state index < -0.39 is 53.0 Å². The van der Waals surface area contributed by atoms with Crippen LogP contribution >= 0.6 is 11.8 Å². The number of anilines is 1. The number of alkyl halides is 5. The van der Waals surface area contributed by atoms with Gasteiger partial charge in [-0.05, 0) is 50.6 Å². The van der Waals surface area contributed by atoms with E-state index in [1.165, 1.54) is 40.9 Å². The second kappa shape index (κ2) is 10.4. The van der Waals surface area contributed by atoms with Gasteiger partial charge in [-0.25, -0.2) is 13.6 Å². The van der Waals surface area contributed by atoms with Gasteiger partial charge < -0.3 is 15.0 Å². The predicted molar refractivity (Wildman–Crippen MR) is 135 cm³/mol. The van der Waals surface area contributed by atoms with E-state index in [9.17, 15) is 36.3 Å². The van der Waals surface area contributed by atoms with Crippen LogP contribution in [0.25, 0.3) is 0 Å². The van der Waals surface area contributed by atoms with Crippen molar-refractivity contribution in [2.75, 3.05) is 10.7 Å². The lowest BCUT2D eigenvalue weighted by molar-refractivity contribution is -0.137. The van der Waals surface area contributed by atoms with Gasteiger partial charge in [-0.15, -0.1) is 11.8 Å². The standard InChI is InChI=1S/C27H27F5N2O4S/c1-25(2,3)38-24(37)33-19-14-39-22-9-6-16(21(35)11-18-12-26(18,28)29)10-20(22)34(23(19)36)13-15-4-7-17(8-5-15)27(30,31)32/h4-10,18-19H,11-14H2,1-3H3,(H,33,37)/t18-,19+/m1/s1. The number of halogens is 5. The molecule has 2 aliphatic rings. The van der Waals surface area contributed by atoms with Crippen molar-refractivity contribution < 1.29 is 41.1 Å². The molecule has 2 atom stereocenters. The minimum Gasteiger partial charge on any atom is -0.444 e. The van der Waals surface area contributed by atoms with Gasteiger partial charge in [0.05, 0.1) is 17.8 Å². The van der Waals surface area contributed by atoms with Crippen LogP contribution < -0.4 is 10.2 Å². The number of ketones is 1. The molecule has 0 spiro atoms. The Morgan fingerprint density at radius 3 is 2.31 bits per heavy atom. The molecule has 6 nitrogen and oxygen atoms in total. The van der Waals surface area contributed by atoms with Gasteiger partial charge in [0.15, 0.2) is 5.78 Å². The highest BCUT2D eigenvalue weighted by Gasteiger charge is 2.57. The summed E-state index contributed by atoms with van der Waals surface area (Å²) in [7, 11) is 0. The van der Waals surface area contributed by atoms with E-state index in [0.29, 0.717) is 16.1 Å². The molecule has 2 amide bonds. The number of benzene rings is 2. The number of thioether (sulfide) groups is 1. The SMILES string of the molecule is CC(C)(C)OC(=O)N[C@H]1CSc2ccc(C(=O)C[C@@H]3CC3(F)F)cc2N(Cc2ccc(C(F)(F)F)cc2)C1=O. The number of carbonyl (C=O) groups is 3. The zero-order valence-corrected chi connectivity index (χ0v) is 22.2. The lowest BCUT2D eigenvalue weighted by atomic mass is 10.0. The highest BCUT2D eigenvalue weighted by Crippen LogP contribution is 2.51. The number of alkyl carbamates (subject to hydrolysis) is 1. The molecule has 4 rings (SSSR count).